The van der Waals surface area contributed by atoms with E-state index in [1.165, 1.54) is 18.3 Å². The molecule has 2 bridgehead atoms. The van der Waals surface area contributed by atoms with Crippen LogP contribution in [0.4, 0.5) is 5.69 Å². The maximum atomic E-state index is 12.4. The molecule has 4 rings (SSSR count). The predicted octanol–water partition coefficient (Wildman–Crippen LogP) is 1.44. The molecule has 0 radical (unpaired) electrons. The first-order valence-corrected chi connectivity index (χ1v) is 7.55. The van der Waals surface area contributed by atoms with Gasteiger partial charge in [0.15, 0.2) is 5.75 Å². The zero-order chi connectivity index (χ0) is 17.0. The lowest BCUT2D eigenvalue weighted by Crippen LogP contribution is -2.28. The Balaban J connectivity index is 1.59. The van der Waals surface area contributed by atoms with Crippen molar-refractivity contribution in [3.8, 4) is 5.75 Å². The van der Waals surface area contributed by atoms with Gasteiger partial charge in [0.25, 0.3) is 11.8 Å². The number of carbonyl (C=O) groups excluding carboxylic acids is 2. The number of phenols is 1. The molecule has 1 N–H and O–H groups in total. The van der Waals surface area contributed by atoms with E-state index in [9.17, 15) is 24.8 Å². The molecular weight excluding hydrogens is 314 g/mol. The van der Waals surface area contributed by atoms with Crippen LogP contribution in [0.1, 0.15) is 12.0 Å². The Bertz CT molecular complexity index is 801. The summed E-state index contributed by atoms with van der Waals surface area (Å²) in [6, 6.07) is 3.73. The van der Waals surface area contributed by atoms with Crippen molar-refractivity contribution in [2.75, 3.05) is 0 Å². The molecule has 0 spiro atoms. The Kier molecular flexibility index (Phi) is 3.02. The lowest BCUT2D eigenvalue weighted by molar-refractivity contribution is -0.385. The molecule has 2 aliphatic carbocycles. The number of nitro benzene ring substituents is 1. The molecule has 2 fully saturated rings. The minimum atomic E-state index is -0.716. The molecule has 1 aromatic carbocycles. The number of hydrogen-bond acceptors (Lipinski definition) is 6. The maximum absolute atomic E-state index is 12.4. The minimum Gasteiger partial charge on any atom is -0.502 e. The van der Waals surface area contributed by atoms with Crippen molar-refractivity contribution in [2.45, 2.75) is 6.42 Å². The van der Waals surface area contributed by atoms with Gasteiger partial charge in [0, 0.05) is 11.6 Å². The van der Waals surface area contributed by atoms with Gasteiger partial charge in [-0.3, -0.25) is 19.7 Å². The predicted molar refractivity (Wildman–Crippen MR) is 81.9 cm³/mol. The molecule has 24 heavy (non-hydrogen) atoms. The van der Waals surface area contributed by atoms with Gasteiger partial charge in [0.1, 0.15) is 0 Å². The van der Waals surface area contributed by atoms with Crippen LogP contribution in [0.5, 0.6) is 5.75 Å². The van der Waals surface area contributed by atoms with E-state index in [4.69, 9.17) is 0 Å². The quantitative estimate of drug-likeness (QED) is 0.297. The van der Waals surface area contributed by atoms with Crippen molar-refractivity contribution in [3.63, 3.8) is 0 Å². The van der Waals surface area contributed by atoms with Crippen LogP contribution in [0.15, 0.2) is 35.5 Å². The molecular formula is C16H13N3O5. The molecule has 1 aromatic rings. The van der Waals surface area contributed by atoms with E-state index in [1.54, 1.807) is 0 Å². The highest BCUT2D eigenvalue weighted by atomic mass is 16.6. The van der Waals surface area contributed by atoms with E-state index in [0.717, 1.165) is 17.5 Å². The van der Waals surface area contributed by atoms with Crippen LogP contribution in [0, 0.1) is 33.8 Å². The summed E-state index contributed by atoms with van der Waals surface area (Å²) < 4.78 is 0. The van der Waals surface area contributed by atoms with E-state index in [1.807, 2.05) is 12.2 Å². The summed E-state index contributed by atoms with van der Waals surface area (Å²) >= 11 is 0. The van der Waals surface area contributed by atoms with Gasteiger partial charge in [-0.15, -0.1) is 0 Å². The molecule has 0 aromatic heterocycles. The highest BCUT2D eigenvalue weighted by Crippen LogP contribution is 2.52. The van der Waals surface area contributed by atoms with Crippen molar-refractivity contribution in [2.24, 2.45) is 28.8 Å². The van der Waals surface area contributed by atoms with Crippen LogP contribution in [-0.4, -0.2) is 33.1 Å². The third-order valence-corrected chi connectivity index (χ3v) is 4.97. The van der Waals surface area contributed by atoms with E-state index >= 15 is 0 Å². The SMILES string of the molecule is O=C1[C@@H]2[C@H](C(=O)N1N=Cc1ccc(O)c([N+](=O)[O-])c1)[C@H]1C=C[C@H]2C1. The molecule has 8 nitrogen and oxygen atoms in total. The highest BCUT2D eigenvalue weighted by molar-refractivity contribution is 6.06. The number of benzene rings is 1. The third kappa shape index (κ3) is 1.96. The average Bonchev–Trinajstić information content (AvgIpc) is 3.22. The summed E-state index contributed by atoms with van der Waals surface area (Å²) in [5.74, 6) is -1.55. The van der Waals surface area contributed by atoms with Gasteiger partial charge in [-0.25, -0.2) is 0 Å². The smallest absolute Gasteiger partial charge is 0.311 e. The Hall–Kier alpha value is -3.03. The number of aromatic hydroxyl groups is 1. The lowest BCUT2D eigenvalue weighted by atomic mass is 9.85. The van der Waals surface area contributed by atoms with E-state index in [0.29, 0.717) is 5.56 Å². The zero-order valence-electron chi connectivity index (χ0n) is 12.4. The third-order valence-electron chi connectivity index (χ3n) is 4.97. The second kappa shape index (κ2) is 4.98. The Morgan fingerprint density at radius 2 is 1.83 bits per heavy atom. The molecule has 0 unspecified atom stereocenters. The van der Waals surface area contributed by atoms with E-state index < -0.39 is 16.4 Å². The number of fused-ring (bicyclic) bond motifs is 5. The Morgan fingerprint density at radius 1 is 1.21 bits per heavy atom. The van der Waals surface area contributed by atoms with Gasteiger partial charge in [0.05, 0.1) is 23.0 Å². The molecule has 1 saturated heterocycles. The van der Waals surface area contributed by atoms with Crippen LogP contribution < -0.4 is 0 Å². The first kappa shape index (κ1) is 14.6. The number of allylic oxidation sites excluding steroid dienone is 2. The zero-order valence-corrected chi connectivity index (χ0v) is 12.4. The molecule has 8 heteroatoms. The van der Waals surface area contributed by atoms with Crippen molar-refractivity contribution < 1.29 is 19.6 Å². The summed E-state index contributed by atoms with van der Waals surface area (Å²) in [5, 5.41) is 25.1. The van der Waals surface area contributed by atoms with Crippen LogP contribution in [0.2, 0.25) is 0 Å². The van der Waals surface area contributed by atoms with Gasteiger partial charge in [-0.1, -0.05) is 12.2 Å². The number of amides is 2. The molecule has 1 heterocycles. The number of hydrogen-bond donors (Lipinski definition) is 1. The molecule has 2 amide bonds. The Morgan fingerprint density at radius 3 is 2.42 bits per heavy atom. The maximum Gasteiger partial charge on any atom is 0.311 e. The van der Waals surface area contributed by atoms with Crippen molar-refractivity contribution in [1.82, 2.24) is 5.01 Å². The number of phenolic OH excluding ortho intramolecular Hbond substituents is 1. The summed E-state index contributed by atoms with van der Waals surface area (Å²) in [6.45, 7) is 0. The van der Waals surface area contributed by atoms with Crippen molar-refractivity contribution >= 4 is 23.7 Å². The van der Waals surface area contributed by atoms with Gasteiger partial charge < -0.3 is 5.11 Å². The molecule has 1 saturated carbocycles. The second-order valence-electron chi connectivity index (χ2n) is 6.24. The van der Waals surface area contributed by atoms with Crippen LogP contribution >= 0.6 is 0 Å². The number of nitro groups is 1. The first-order valence-electron chi connectivity index (χ1n) is 7.55. The van der Waals surface area contributed by atoms with E-state index in [2.05, 4.69) is 5.10 Å². The van der Waals surface area contributed by atoms with Crippen LogP contribution in [0.3, 0.4) is 0 Å². The van der Waals surface area contributed by atoms with Gasteiger partial charge in [0.2, 0.25) is 0 Å². The normalized spacial score (nSPS) is 30.6. The standard InChI is InChI=1S/C16H13N3O5/c20-12-4-1-8(5-11(12)19(23)24)7-17-18-15(21)13-9-2-3-10(6-9)14(13)16(18)22/h1-5,7,9-10,13-14,20H,6H2/t9-,10-,13-,14+/m0/s1. The Labute approximate surface area is 136 Å². The monoisotopic (exact) mass is 327 g/mol. The summed E-state index contributed by atoms with van der Waals surface area (Å²) in [4.78, 5) is 35.0. The van der Waals surface area contributed by atoms with Gasteiger partial charge in [-0.2, -0.15) is 10.1 Å². The lowest BCUT2D eigenvalue weighted by Gasteiger charge is -2.13. The number of nitrogens with zero attached hydrogens (tertiary/aromatic N) is 3. The van der Waals surface area contributed by atoms with E-state index in [-0.39, 0.29) is 35.5 Å². The van der Waals surface area contributed by atoms with Crippen molar-refractivity contribution in [1.29, 1.82) is 0 Å². The first-order chi connectivity index (χ1) is 11.5. The largest absolute Gasteiger partial charge is 0.502 e. The molecule has 4 atom stereocenters. The number of imide groups is 1. The highest BCUT2D eigenvalue weighted by Gasteiger charge is 2.59. The summed E-state index contributed by atoms with van der Waals surface area (Å²) in [5.41, 5.74) is -0.143. The topological polar surface area (TPSA) is 113 Å². The summed E-state index contributed by atoms with van der Waals surface area (Å²) in [7, 11) is 0. The number of hydrazone groups is 1. The van der Waals surface area contributed by atoms with Crippen LogP contribution in [0.25, 0.3) is 0 Å². The van der Waals surface area contributed by atoms with Gasteiger partial charge >= 0.3 is 5.69 Å². The summed E-state index contributed by atoms with van der Waals surface area (Å²) in [6.07, 6.45) is 6.05. The average molecular weight is 327 g/mol. The van der Waals surface area contributed by atoms with Crippen molar-refractivity contribution in [3.05, 3.63) is 46.0 Å². The molecule has 1 aliphatic heterocycles. The fourth-order valence-corrected chi connectivity index (χ4v) is 3.89. The van der Waals surface area contributed by atoms with Crippen LogP contribution in [-0.2, 0) is 9.59 Å². The fourth-order valence-electron chi connectivity index (χ4n) is 3.89. The fraction of sp³-hybridized carbons (Fsp3) is 0.312. The minimum absolute atomic E-state index is 0.103. The second-order valence-corrected chi connectivity index (χ2v) is 6.24. The molecule has 3 aliphatic rings. The molecule has 122 valence electrons. The number of rotatable bonds is 3. The van der Waals surface area contributed by atoms with Gasteiger partial charge in [-0.05, 0) is 30.4 Å². The number of carbonyl (C=O) groups is 2.